The number of rotatable bonds is 3. The molecule has 0 aromatic carbocycles. The van der Waals surface area contributed by atoms with E-state index in [1.54, 1.807) is 14.2 Å². The minimum Gasteiger partial charge on any atom is -0.353 e. The Kier molecular flexibility index (Phi) is 2.04. The van der Waals surface area contributed by atoms with Crippen LogP contribution >= 0.6 is 11.6 Å². The summed E-state index contributed by atoms with van der Waals surface area (Å²) in [6.45, 7) is 3.61. The largest absolute Gasteiger partial charge is 0.353 e. The van der Waals surface area contributed by atoms with Gasteiger partial charge >= 0.3 is 0 Å². The number of ether oxygens (including phenoxy) is 2. The molecule has 1 aliphatic carbocycles. The highest BCUT2D eigenvalue weighted by Gasteiger charge is 2.57. The molecule has 1 atom stereocenters. The van der Waals surface area contributed by atoms with Crippen molar-refractivity contribution in [3.63, 3.8) is 0 Å². The van der Waals surface area contributed by atoms with Crippen LogP contribution in [-0.4, -0.2) is 20.0 Å². The van der Waals surface area contributed by atoms with E-state index in [2.05, 4.69) is 6.58 Å². The molecule has 1 saturated carbocycles. The molecule has 0 aromatic rings. The van der Waals surface area contributed by atoms with Crippen molar-refractivity contribution in [1.82, 2.24) is 0 Å². The van der Waals surface area contributed by atoms with E-state index in [1.165, 1.54) is 0 Å². The maximum Gasteiger partial charge on any atom is 0.176 e. The van der Waals surface area contributed by atoms with E-state index in [-0.39, 0.29) is 5.92 Å². The fourth-order valence-corrected chi connectivity index (χ4v) is 1.35. The standard InChI is InChI=1S/C7H11ClO2/c1-5(8)6-4-7(6,9-2)10-3/h6H,1,4H2,2-3H3/t6-/m1/s1. The molecule has 1 fully saturated rings. The maximum absolute atomic E-state index is 5.66. The van der Waals surface area contributed by atoms with Crippen LogP contribution in [0.3, 0.4) is 0 Å². The summed E-state index contributed by atoms with van der Waals surface area (Å²) in [6, 6.07) is 0. The van der Waals surface area contributed by atoms with E-state index in [4.69, 9.17) is 21.1 Å². The van der Waals surface area contributed by atoms with Gasteiger partial charge in [-0.1, -0.05) is 18.2 Å². The first-order valence-electron chi connectivity index (χ1n) is 3.11. The van der Waals surface area contributed by atoms with Crippen LogP contribution in [0.4, 0.5) is 0 Å². The summed E-state index contributed by atoms with van der Waals surface area (Å²) in [5, 5.41) is 0.615. The molecular weight excluding hydrogens is 152 g/mol. The lowest BCUT2D eigenvalue weighted by Gasteiger charge is -2.12. The minimum atomic E-state index is -0.459. The van der Waals surface area contributed by atoms with Gasteiger partial charge in [-0.3, -0.25) is 0 Å². The molecule has 0 unspecified atom stereocenters. The predicted octanol–water partition coefficient (Wildman–Crippen LogP) is 1.75. The van der Waals surface area contributed by atoms with Crippen molar-refractivity contribution in [3.05, 3.63) is 11.6 Å². The fourth-order valence-electron chi connectivity index (χ4n) is 1.11. The monoisotopic (exact) mass is 162 g/mol. The highest BCUT2D eigenvalue weighted by Crippen LogP contribution is 2.51. The van der Waals surface area contributed by atoms with Gasteiger partial charge in [-0.05, 0) is 0 Å². The highest BCUT2D eigenvalue weighted by molar-refractivity contribution is 6.29. The molecule has 0 heterocycles. The Morgan fingerprint density at radius 3 is 2.20 bits per heavy atom. The summed E-state index contributed by atoms with van der Waals surface area (Å²) < 4.78 is 10.2. The zero-order chi connectivity index (χ0) is 7.78. The first-order valence-corrected chi connectivity index (χ1v) is 3.48. The predicted molar refractivity (Wildman–Crippen MR) is 39.8 cm³/mol. The van der Waals surface area contributed by atoms with Crippen molar-refractivity contribution in [1.29, 1.82) is 0 Å². The summed E-state index contributed by atoms with van der Waals surface area (Å²) in [6.07, 6.45) is 0.822. The summed E-state index contributed by atoms with van der Waals surface area (Å²) in [4.78, 5) is 0. The smallest absolute Gasteiger partial charge is 0.176 e. The average molecular weight is 163 g/mol. The summed E-state index contributed by atoms with van der Waals surface area (Å²) in [5.74, 6) is -0.289. The van der Waals surface area contributed by atoms with E-state index >= 15 is 0 Å². The zero-order valence-corrected chi connectivity index (χ0v) is 6.94. The van der Waals surface area contributed by atoms with E-state index in [9.17, 15) is 0 Å². The molecule has 1 rings (SSSR count). The van der Waals surface area contributed by atoms with Crippen LogP contribution in [0.2, 0.25) is 0 Å². The third-order valence-electron chi connectivity index (χ3n) is 1.93. The molecule has 0 saturated heterocycles. The lowest BCUT2D eigenvalue weighted by atomic mass is 10.4. The Bertz CT molecular complexity index is 152. The second-order valence-corrected chi connectivity index (χ2v) is 2.91. The van der Waals surface area contributed by atoms with Crippen LogP contribution in [0.15, 0.2) is 11.6 Å². The number of hydrogen-bond donors (Lipinski definition) is 0. The molecule has 0 radical (unpaired) electrons. The van der Waals surface area contributed by atoms with Crippen LogP contribution < -0.4 is 0 Å². The average Bonchev–Trinajstić information content (AvgIpc) is 2.63. The van der Waals surface area contributed by atoms with Crippen LogP contribution in [0.25, 0.3) is 0 Å². The molecule has 2 nitrogen and oxygen atoms in total. The van der Waals surface area contributed by atoms with Gasteiger partial charge in [0.15, 0.2) is 5.79 Å². The van der Waals surface area contributed by atoms with Gasteiger partial charge in [0.1, 0.15) is 0 Å². The normalized spacial score (nSPS) is 28.1. The van der Waals surface area contributed by atoms with E-state index < -0.39 is 5.79 Å². The molecular formula is C7H11ClO2. The van der Waals surface area contributed by atoms with Crippen molar-refractivity contribution in [2.75, 3.05) is 14.2 Å². The van der Waals surface area contributed by atoms with Crippen molar-refractivity contribution < 1.29 is 9.47 Å². The van der Waals surface area contributed by atoms with Crippen molar-refractivity contribution in [2.45, 2.75) is 12.2 Å². The molecule has 3 heteroatoms. The molecule has 1 aliphatic rings. The number of methoxy groups -OCH3 is 2. The van der Waals surface area contributed by atoms with Crippen molar-refractivity contribution >= 4 is 11.6 Å². The Labute approximate surface area is 65.8 Å². The third kappa shape index (κ3) is 1.07. The van der Waals surface area contributed by atoms with E-state index in [0.29, 0.717) is 5.03 Å². The molecule has 0 aromatic heterocycles. The van der Waals surface area contributed by atoms with Crippen LogP contribution in [0.5, 0.6) is 0 Å². The maximum atomic E-state index is 5.66. The molecule has 0 spiro atoms. The number of hydrogen-bond acceptors (Lipinski definition) is 2. The minimum absolute atomic E-state index is 0.171. The lowest BCUT2D eigenvalue weighted by molar-refractivity contribution is -0.135. The molecule has 0 amide bonds. The van der Waals surface area contributed by atoms with Crippen LogP contribution in [-0.2, 0) is 9.47 Å². The molecule has 10 heavy (non-hydrogen) atoms. The quantitative estimate of drug-likeness (QED) is 0.589. The summed E-state index contributed by atoms with van der Waals surface area (Å²) in [7, 11) is 3.23. The molecule has 0 aliphatic heterocycles. The Morgan fingerprint density at radius 1 is 1.60 bits per heavy atom. The van der Waals surface area contributed by atoms with Gasteiger partial charge in [-0.15, -0.1) is 0 Å². The highest BCUT2D eigenvalue weighted by atomic mass is 35.5. The molecule has 0 bridgehead atoms. The van der Waals surface area contributed by atoms with Gasteiger partial charge in [0, 0.05) is 25.7 Å². The van der Waals surface area contributed by atoms with Gasteiger partial charge < -0.3 is 9.47 Å². The summed E-state index contributed by atoms with van der Waals surface area (Å²) >= 11 is 5.66. The van der Waals surface area contributed by atoms with Gasteiger partial charge in [-0.2, -0.15) is 0 Å². The van der Waals surface area contributed by atoms with Gasteiger partial charge in [0.25, 0.3) is 0 Å². The SMILES string of the molecule is C=C(Cl)[C@H]1CC1(OC)OC. The summed E-state index contributed by atoms with van der Waals surface area (Å²) in [5.41, 5.74) is 0. The second-order valence-electron chi connectivity index (χ2n) is 2.42. The first kappa shape index (κ1) is 8.05. The molecule has 0 N–H and O–H groups in total. The number of halogens is 1. The Hall–Kier alpha value is -0.0500. The van der Waals surface area contributed by atoms with Crippen LogP contribution in [0.1, 0.15) is 6.42 Å². The van der Waals surface area contributed by atoms with Gasteiger partial charge in [0.05, 0.1) is 5.92 Å². The Balaban J connectivity index is 2.53. The lowest BCUT2D eigenvalue weighted by Crippen LogP contribution is -2.17. The van der Waals surface area contributed by atoms with E-state index in [0.717, 1.165) is 6.42 Å². The van der Waals surface area contributed by atoms with Gasteiger partial charge in [0.2, 0.25) is 0 Å². The third-order valence-corrected chi connectivity index (χ3v) is 2.19. The van der Waals surface area contributed by atoms with E-state index in [1.807, 2.05) is 0 Å². The topological polar surface area (TPSA) is 18.5 Å². The first-order chi connectivity index (χ1) is 4.66. The van der Waals surface area contributed by atoms with Crippen LogP contribution in [0, 0.1) is 5.92 Å². The van der Waals surface area contributed by atoms with Crippen molar-refractivity contribution in [2.24, 2.45) is 5.92 Å². The van der Waals surface area contributed by atoms with Gasteiger partial charge in [-0.25, -0.2) is 0 Å². The Morgan fingerprint density at radius 2 is 2.10 bits per heavy atom. The second kappa shape index (κ2) is 2.53. The fraction of sp³-hybridized carbons (Fsp3) is 0.714. The zero-order valence-electron chi connectivity index (χ0n) is 6.19. The molecule has 58 valence electrons. The van der Waals surface area contributed by atoms with Crippen molar-refractivity contribution in [3.8, 4) is 0 Å².